The van der Waals surface area contributed by atoms with Crippen LogP contribution in [-0.2, 0) is 26.4 Å². The molecule has 1 amide bonds. The first kappa shape index (κ1) is 22.6. The molecule has 1 aliphatic carbocycles. The Balaban J connectivity index is 1.75. The van der Waals surface area contributed by atoms with Gasteiger partial charge in [-0.3, -0.25) is 9.00 Å². The monoisotopic (exact) mass is 449 g/mol. The topological polar surface area (TPSA) is 108 Å². The SMILES string of the molecule is CCOC(=O)c1csc(NC(=O)C(CC2CCCC2)c2ccc(CS(=O)[O-])cc2)n1. The molecule has 162 valence electrons. The van der Waals surface area contributed by atoms with Crippen molar-refractivity contribution in [2.75, 3.05) is 11.9 Å². The van der Waals surface area contributed by atoms with Gasteiger partial charge in [-0.15, -0.1) is 11.3 Å². The van der Waals surface area contributed by atoms with Crippen LogP contribution in [0.4, 0.5) is 5.13 Å². The maximum atomic E-state index is 13.1. The number of nitrogens with zero attached hydrogens (tertiary/aromatic N) is 1. The van der Waals surface area contributed by atoms with Gasteiger partial charge in [0, 0.05) is 11.1 Å². The second-order valence-corrected chi connectivity index (χ2v) is 9.13. The third-order valence-electron chi connectivity index (χ3n) is 5.25. The highest BCUT2D eigenvalue weighted by Crippen LogP contribution is 2.35. The first-order valence-corrected chi connectivity index (χ1v) is 12.2. The van der Waals surface area contributed by atoms with E-state index >= 15 is 0 Å². The minimum Gasteiger partial charge on any atom is -0.772 e. The summed E-state index contributed by atoms with van der Waals surface area (Å²) < 4.78 is 26.8. The van der Waals surface area contributed by atoms with Crippen molar-refractivity contribution in [3.05, 3.63) is 46.5 Å². The van der Waals surface area contributed by atoms with Gasteiger partial charge in [0.2, 0.25) is 5.91 Å². The average molecular weight is 450 g/mol. The maximum Gasteiger partial charge on any atom is 0.357 e. The molecule has 1 aliphatic rings. The van der Waals surface area contributed by atoms with Crippen LogP contribution in [-0.4, -0.2) is 32.2 Å². The van der Waals surface area contributed by atoms with E-state index in [1.807, 2.05) is 12.1 Å². The number of amides is 1. The van der Waals surface area contributed by atoms with Gasteiger partial charge in [0.05, 0.1) is 12.5 Å². The largest absolute Gasteiger partial charge is 0.772 e. The summed E-state index contributed by atoms with van der Waals surface area (Å²) in [5.41, 5.74) is 1.72. The van der Waals surface area contributed by atoms with Gasteiger partial charge in [0.15, 0.2) is 10.8 Å². The van der Waals surface area contributed by atoms with Crippen molar-refractivity contribution in [1.29, 1.82) is 0 Å². The van der Waals surface area contributed by atoms with Gasteiger partial charge in [-0.1, -0.05) is 61.0 Å². The minimum absolute atomic E-state index is 0.0461. The highest BCUT2D eigenvalue weighted by Gasteiger charge is 2.27. The number of hydrogen-bond donors (Lipinski definition) is 1. The summed E-state index contributed by atoms with van der Waals surface area (Å²) in [6.45, 7) is 1.98. The first-order chi connectivity index (χ1) is 14.5. The lowest BCUT2D eigenvalue weighted by Crippen LogP contribution is -2.23. The standard InChI is InChI=1S/C21H26N2O5S2/c1-2-28-20(25)18-12-29-21(22-18)23-19(24)17(11-14-5-3-4-6-14)16-9-7-15(8-10-16)13-30(26)27/h7-10,12,14,17H,2-6,11,13H2,1H3,(H,26,27)(H,22,23,24)/p-1. The number of ether oxygens (including phenoxy) is 1. The summed E-state index contributed by atoms with van der Waals surface area (Å²) in [5.74, 6) is -0.610. The molecule has 1 aromatic carbocycles. The molecular formula is C21H25N2O5S2-. The Kier molecular flexibility index (Phi) is 8.12. The van der Waals surface area contributed by atoms with Crippen LogP contribution in [0.5, 0.6) is 0 Å². The van der Waals surface area contributed by atoms with Gasteiger partial charge in [-0.05, 0) is 30.4 Å². The molecule has 0 aliphatic heterocycles. The fraction of sp³-hybridized carbons (Fsp3) is 0.476. The summed E-state index contributed by atoms with van der Waals surface area (Å²) in [6.07, 6.45) is 5.32. The number of thiazole rings is 1. The van der Waals surface area contributed by atoms with Crippen molar-refractivity contribution < 1.29 is 23.1 Å². The Morgan fingerprint density at radius 3 is 2.63 bits per heavy atom. The van der Waals surface area contributed by atoms with Crippen LogP contribution in [0.1, 0.15) is 66.6 Å². The van der Waals surface area contributed by atoms with Gasteiger partial charge < -0.3 is 14.6 Å². The van der Waals surface area contributed by atoms with Crippen molar-refractivity contribution in [3.8, 4) is 0 Å². The normalized spacial score (nSPS) is 16.2. The third-order valence-corrected chi connectivity index (χ3v) is 6.57. The number of esters is 1. The van der Waals surface area contributed by atoms with Crippen molar-refractivity contribution >= 4 is 39.4 Å². The Hall–Kier alpha value is -2.10. The number of benzene rings is 1. The molecule has 7 nitrogen and oxygen atoms in total. The van der Waals surface area contributed by atoms with E-state index in [0.717, 1.165) is 24.8 Å². The number of carbonyl (C=O) groups excluding carboxylic acids is 2. The molecule has 2 aromatic rings. The first-order valence-electron chi connectivity index (χ1n) is 10.0. The lowest BCUT2D eigenvalue weighted by atomic mass is 9.87. The molecule has 2 unspecified atom stereocenters. The predicted octanol–water partition coefficient (Wildman–Crippen LogP) is 4.00. The van der Waals surface area contributed by atoms with E-state index in [0.29, 0.717) is 16.6 Å². The zero-order chi connectivity index (χ0) is 21.5. The van der Waals surface area contributed by atoms with Crippen LogP contribution in [0.3, 0.4) is 0 Å². The summed E-state index contributed by atoms with van der Waals surface area (Å²) in [4.78, 5) is 29.1. The van der Waals surface area contributed by atoms with Gasteiger partial charge in [0.1, 0.15) is 0 Å². The Morgan fingerprint density at radius 1 is 1.30 bits per heavy atom. The van der Waals surface area contributed by atoms with Crippen LogP contribution in [0.25, 0.3) is 0 Å². The van der Waals surface area contributed by atoms with E-state index in [2.05, 4.69) is 10.3 Å². The minimum atomic E-state index is -2.15. The summed E-state index contributed by atoms with van der Waals surface area (Å²) in [7, 11) is 0. The summed E-state index contributed by atoms with van der Waals surface area (Å²) >= 11 is -0.966. The van der Waals surface area contributed by atoms with Crippen molar-refractivity contribution in [2.24, 2.45) is 5.92 Å². The van der Waals surface area contributed by atoms with Crippen LogP contribution >= 0.6 is 11.3 Å². The van der Waals surface area contributed by atoms with E-state index in [1.54, 1.807) is 24.4 Å². The molecule has 0 saturated heterocycles. The number of anilines is 1. The van der Waals surface area contributed by atoms with Crippen LogP contribution in [0, 0.1) is 5.92 Å². The predicted molar refractivity (Wildman–Crippen MR) is 115 cm³/mol. The van der Waals surface area contributed by atoms with Crippen LogP contribution < -0.4 is 5.32 Å². The van der Waals surface area contributed by atoms with Crippen molar-refractivity contribution in [1.82, 2.24) is 4.98 Å². The second-order valence-electron chi connectivity index (χ2n) is 7.38. The number of nitrogens with one attached hydrogen (secondary N) is 1. The molecule has 1 saturated carbocycles. The van der Waals surface area contributed by atoms with Gasteiger partial charge in [-0.25, -0.2) is 9.78 Å². The molecule has 3 rings (SSSR count). The van der Waals surface area contributed by atoms with E-state index < -0.39 is 17.0 Å². The fourth-order valence-electron chi connectivity index (χ4n) is 3.78. The Labute approximate surface area is 182 Å². The van der Waals surface area contributed by atoms with E-state index in [4.69, 9.17) is 4.74 Å². The molecule has 1 aromatic heterocycles. The summed E-state index contributed by atoms with van der Waals surface area (Å²) in [5, 5.41) is 4.77. The Bertz CT molecular complexity index is 891. The lowest BCUT2D eigenvalue weighted by Gasteiger charge is -2.20. The number of rotatable bonds is 9. The molecule has 1 fully saturated rings. The quantitative estimate of drug-likeness (QED) is 0.458. The molecule has 1 N–H and O–H groups in total. The van der Waals surface area contributed by atoms with Crippen molar-refractivity contribution in [3.63, 3.8) is 0 Å². The van der Waals surface area contributed by atoms with Gasteiger partial charge >= 0.3 is 5.97 Å². The number of carbonyl (C=O) groups is 2. The third kappa shape index (κ3) is 6.20. The molecule has 9 heteroatoms. The molecule has 30 heavy (non-hydrogen) atoms. The fourth-order valence-corrected chi connectivity index (χ4v) is 4.93. The molecule has 1 heterocycles. The molecule has 0 radical (unpaired) electrons. The smallest absolute Gasteiger partial charge is 0.357 e. The zero-order valence-corrected chi connectivity index (χ0v) is 18.4. The number of hydrogen-bond acceptors (Lipinski definition) is 7. The van der Waals surface area contributed by atoms with E-state index in [9.17, 15) is 18.4 Å². The van der Waals surface area contributed by atoms with Gasteiger partial charge in [-0.2, -0.15) is 0 Å². The van der Waals surface area contributed by atoms with Crippen LogP contribution in [0.2, 0.25) is 0 Å². The van der Waals surface area contributed by atoms with Crippen molar-refractivity contribution in [2.45, 2.75) is 50.7 Å². The molecule has 0 bridgehead atoms. The maximum absolute atomic E-state index is 13.1. The highest BCUT2D eigenvalue weighted by molar-refractivity contribution is 7.78. The molecule has 2 atom stereocenters. The van der Waals surface area contributed by atoms with E-state index in [1.165, 1.54) is 24.2 Å². The van der Waals surface area contributed by atoms with E-state index in [-0.39, 0.29) is 29.9 Å². The highest BCUT2D eigenvalue weighted by atomic mass is 32.2. The Morgan fingerprint density at radius 2 is 2.00 bits per heavy atom. The van der Waals surface area contributed by atoms with Crippen LogP contribution in [0.15, 0.2) is 29.6 Å². The number of aromatic nitrogens is 1. The van der Waals surface area contributed by atoms with Gasteiger partial charge in [0.25, 0.3) is 0 Å². The average Bonchev–Trinajstić information content (AvgIpc) is 3.38. The second kappa shape index (κ2) is 10.8. The zero-order valence-electron chi connectivity index (χ0n) is 16.8. The molecular weight excluding hydrogens is 424 g/mol. The summed E-state index contributed by atoms with van der Waals surface area (Å²) in [6, 6.07) is 7.16. The molecule has 0 spiro atoms. The lowest BCUT2D eigenvalue weighted by molar-refractivity contribution is -0.118.